The fourth-order valence-corrected chi connectivity index (χ4v) is 8.70. The van der Waals surface area contributed by atoms with Crippen LogP contribution in [0, 0.1) is 23.7 Å². The first-order valence-electron chi connectivity index (χ1n) is 21.7. The van der Waals surface area contributed by atoms with E-state index >= 15 is 0 Å². The number of aliphatic hydroxyl groups excluding tert-OH is 3. The molecule has 3 N–H and O–H groups in total. The number of hydrogen-bond acceptors (Lipinski definition) is 14. The van der Waals surface area contributed by atoms with Gasteiger partial charge in [-0.3, -0.25) is 14.6 Å². The smallest absolute Gasteiger partial charge is 0.308 e. The van der Waals surface area contributed by atoms with Crippen molar-refractivity contribution in [2.45, 2.75) is 116 Å². The van der Waals surface area contributed by atoms with E-state index in [0.717, 1.165) is 27.9 Å². The Morgan fingerprint density at radius 2 is 1.74 bits per heavy atom. The van der Waals surface area contributed by atoms with Crippen molar-refractivity contribution in [3.8, 4) is 5.69 Å². The van der Waals surface area contributed by atoms with Crippen molar-refractivity contribution in [1.82, 2.24) is 34.7 Å². The van der Waals surface area contributed by atoms with Crippen LogP contribution in [0.1, 0.15) is 66.0 Å². The zero-order valence-electron chi connectivity index (χ0n) is 37.7. The van der Waals surface area contributed by atoms with Crippen LogP contribution in [-0.4, -0.2) is 159 Å². The quantitative estimate of drug-likeness (QED) is 0.223. The van der Waals surface area contributed by atoms with E-state index in [1.165, 1.54) is 0 Å². The number of rotatable bonds is 12. The number of hydrogen-bond donors (Lipinski definition) is 3. The van der Waals surface area contributed by atoms with Gasteiger partial charge in [-0.25, -0.2) is 4.68 Å². The molecule has 0 aliphatic carbocycles. The third-order valence-electron chi connectivity index (χ3n) is 12.2. The second-order valence-corrected chi connectivity index (χ2v) is 17.8. The standard InChI is InChI=1S/C46H69N7O8/c1-11-40-34(25-50(6)7)20-28(2)16-17-38(54)29(3)21-33(18-19-52(10)26-35-27-53(49-48-35)36-22-32-14-12-13-15-37(32)47-24-36)45(30(4)39(55)23-41(56)60-40)61-46-44(58)42(51(8)9)43(57)31(5)59-46/h12-17,20,22,24,27,29-31,33-34,39-40,42-46,55,57-58H,11,18-19,21,23,25-26H2,1-10H3/b17-16+,28-20+/t29-,30+,31-,33+,34-,39-,40-,42+,43-,44-,45-,46+/m1/s1. The van der Waals surface area contributed by atoms with Crippen molar-refractivity contribution in [3.05, 3.63) is 72.2 Å². The summed E-state index contributed by atoms with van der Waals surface area (Å²) in [7, 11) is 9.45. The Kier molecular flexibility index (Phi) is 17.3. The van der Waals surface area contributed by atoms with E-state index in [2.05, 4.69) is 26.3 Å². The Hall–Kier alpha value is -3.93. The van der Waals surface area contributed by atoms with E-state index in [9.17, 15) is 24.9 Å². The average molecular weight is 848 g/mol. The molecule has 2 aliphatic heterocycles. The van der Waals surface area contributed by atoms with Crippen LogP contribution in [0.15, 0.2) is 66.5 Å². The number of para-hydroxylation sites is 1. The first-order valence-corrected chi connectivity index (χ1v) is 21.7. The van der Waals surface area contributed by atoms with Crippen molar-refractivity contribution < 1.29 is 39.1 Å². The number of aromatic nitrogens is 4. The van der Waals surface area contributed by atoms with Gasteiger partial charge in [0.25, 0.3) is 0 Å². The number of ether oxygens (including phenoxy) is 3. The summed E-state index contributed by atoms with van der Waals surface area (Å²) in [5.74, 6) is -2.17. The number of carbonyl (C=O) groups is 2. The monoisotopic (exact) mass is 848 g/mol. The number of esters is 1. The molecule has 1 saturated heterocycles. The maximum atomic E-state index is 13.9. The third-order valence-corrected chi connectivity index (χ3v) is 12.2. The molecule has 4 heterocycles. The van der Waals surface area contributed by atoms with E-state index in [0.29, 0.717) is 38.9 Å². The zero-order valence-corrected chi connectivity index (χ0v) is 37.7. The van der Waals surface area contributed by atoms with Gasteiger partial charge in [-0.1, -0.05) is 61.9 Å². The maximum absolute atomic E-state index is 13.9. The van der Waals surface area contributed by atoms with Crippen molar-refractivity contribution in [2.75, 3.05) is 48.3 Å². The van der Waals surface area contributed by atoms with Crippen LogP contribution in [-0.2, 0) is 30.3 Å². The lowest BCUT2D eigenvalue weighted by Gasteiger charge is -2.46. The van der Waals surface area contributed by atoms with Crippen LogP contribution >= 0.6 is 0 Å². The number of fused-ring (bicyclic) bond motifs is 1. The predicted molar refractivity (Wildman–Crippen MR) is 233 cm³/mol. The lowest BCUT2D eigenvalue weighted by atomic mass is 9.79. The molecule has 3 aromatic rings. The molecule has 0 spiro atoms. The fourth-order valence-electron chi connectivity index (χ4n) is 8.70. The van der Waals surface area contributed by atoms with Crippen LogP contribution in [0.25, 0.3) is 16.6 Å². The lowest BCUT2D eigenvalue weighted by molar-refractivity contribution is -0.304. The number of ketones is 1. The number of cyclic esters (lactones) is 1. The molecular weight excluding hydrogens is 779 g/mol. The second-order valence-electron chi connectivity index (χ2n) is 17.8. The molecule has 15 heteroatoms. The molecule has 5 rings (SSSR count). The summed E-state index contributed by atoms with van der Waals surface area (Å²) in [6, 6.07) is 9.22. The summed E-state index contributed by atoms with van der Waals surface area (Å²) in [5, 5.41) is 44.3. The van der Waals surface area contributed by atoms with Crippen LogP contribution in [0.5, 0.6) is 0 Å². The molecule has 1 fully saturated rings. The highest BCUT2D eigenvalue weighted by atomic mass is 16.7. The minimum atomic E-state index is -1.24. The molecule has 0 saturated carbocycles. The highest BCUT2D eigenvalue weighted by molar-refractivity contribution is 5.91. The van der Waals surface area contributed by atoms with Gasteiger partial charge in [0.2, 0.25) is 0 Å². The molecule has 2 aromatic heterocycles. The van der Waals surface area contributed by atoms with Crippen molar-refractivity contribution in [1.29, 1.82) is 0 Å². The van der Waals surface area contributed by atoms with E-state index in [1.807, 2.05) is 96.3 Å². The number of aliphatic hydroxyl groups is 3. The molecule has 1 aromatic carbocycles. The molecule has 61 heavy (non-hydrogen) atoms. The lowest BCUT2D eigenvalue weighted by Crippen LogP contribution is -2.63. The number of nitrogens with zero attached hydrogens (tertiary/aromatic N) is 7. The van der Waals surface area contributed by atoms with Crippen molar-refractivity contribution >= 4 is 22.7 Å². The largest absolute Gasteiger partial charge is 0.462 e. The Morgan fingerprint density at radius 1 is 1.00 bits per heavy atom. The van der Waals surface area contributed by atoms with Gasteiger partial charge in [-0.05, 0) is 99.0 Å². The van der Waals surface area contributed by atoms with Crippen molar-refractivity contribution in [2.24, 2.45) is 23.7 Å². The van der Waals surface area contributed by atoms with E-state index in [1.54, 1.807) is 42.9 Å². The van der Waals surface area contributed by atoms with Gasteiger partial charge >= 0.3 is 5.97 Å². The van der Waals surface area contributed by atoms with Gasteiger partial charge in [-0.2, -0.15) is 0 Å². The van der Waals surface area contributed by atoms with Gasteiger partial charge in [0.1, 0.15) is 12.2 Å². The number of carbonyl (C=O) groups excluding carboxylic acids is 2. The highest BCUT2D eigenvalue weighted by Crippen LogP contribution is 2.35. The summed E-state index contributed by atoms with van der Waals surface area (Å²) in [5.41, 5.74) is 3.32. The van der Waals surface area contributed by atoms with E-state index < -0.39 is 66.8 Å². The van der Waals surface area contributed by atoms with Crippen LogP contribution in [0.2, 0.25) is 0 Å². The van der Waals surface area contributed by atoms with Crippen LogP contribution in [0.3, 0.4) is 0 Å². The Labute approximate surface area is 361 Å². The van der Waals surface area contributed by atoms with E-state index in [-0.39, 0.29) is 24.0 Å². The van der Waals surface area contributed by atoms with Crippen LogP contribution < -0.4 is 0 Å². The molecule has 0 radical (unpaired) electrons. The van der Waals surface area contributed by atoms with Gasteiger partial charge in [0.15, 0.2) is 12.1 Å². The molecule has 12 atom stereocenters. The van der Waals surface area contributed by atoms with Crippen molar-refractivity contribution in [3.63, 3.8) is 0 Å². The molecule has 0 bridgehead atoms. The molecular formula is C46H69N7O8. The van der Waals surface area contributed by atoms with Gasteiger partial charge in [0.05, 0.1) is 66.2 Å². The Morgan fingerprint density at radius 3 is 2.44 bits per heavy atom. The van der Waals surface area contributed by atoms with E-state index in [4.69, 9.17) is 14.2 Å². The van der Waals surface area contributed by atoms with Gasteiger partial charge < -0.3 is 44.2 Å². The number of likely N-dealkylation sites (N-methyl/N-ethyl adjacent to an activating group) is 1. The molecule has 336 valence electrons. The molecule has 15 nitrogen and oxygen atoms in total. The minimum Gasteiger partial charge on any atom is -0.462 e. The molecule has 0 unspecified atom stereocenters. The highest BCUT2D eigenvalue weighted by Gasteiger charge is 2.47. The second kappa shape index (κ2) is 21.9. The normalized spacial score (nSPS) is 32.6. The summed E-state index contributed by atoms with van der Waals surface area (Å²) < 4.78 is 20.7. The Balaban J connectivity index is 1.45. The summed E-state index contributed by atoms with van der Waals surface area (Å²) in [6.07, 6.45) is 3.84. The topological polar surface area (TPSA) is 176 Å². The SMILES string of the molecule is CC[C@H]1OC(=O)C[C@@H](O)[C@H](C)[C@@H](O[C@@H]2O[C@H](C)[C@@H](O)[C@H](N(C)C)[C@H]2O)[C@@H](CCN(C)Cc2cn(-c3cnc4ccccc4c3)nn2)C[C@@H](C)C(=O)/C=C/C(C)=C/[C@@H]1CN(C)C. The van der Waals surface area contributed by atoms with Gasteiger partial charge in [-0.15, -0.1) is 5.10 Å². The molecule has 2 aliphatic rings. The zero-order chi connectivity index (χ0) is 44.5. The average Bonchev–Trinajstić information content (AvgIpc) is 3.68. The summed E-state index contributed by atoms with van der Waals surface area (Å²) in [6.45, 7) is 11.0. The maximum Gasteiger partial charge on any atom is 0.308 e. The first kappa shape index (κ1) is 48.1. The van der Waals surface area contributed by atoms with Gasteiger partial charge in [0, 0.05) is 36.2 Å². The number of pyridine rings is 1. The van der Waals surface area contributed by atoms with Crippen LogP contribution in [0.4, 0.5) is 0 Å². The third kappa shape index (κ3) is 12.8. The first-order chi connectivity index (χ1) is 28.9. The number of allylic oxidation sites excluding steroid dienone is 3. The predicted octanol–water partition coefficient (Wildman–Crippen LogP) is 4.03. The summed E-state index contributed by atoms with van der Waals surface area (Å²) >= 11 is 0. The molecule has 0 amide bonds. The minimum absolute atomic E-state index is 0.0501. The fraction of sp³-hybridized carbons (Fsp3) is 0.630. The number of benzene rings is 1. The Bertz CT molecular complexity index is 1950. The summed E-state index contributed by atoms with van der Waals surface area (Å²) in [4.78, 5) is 38.0.